The summed E-state index contributed by atoms with van der Waals surface area (Å²) < 4.78 is 2.06. The first-order valence-electron chi connectivity index (χ1n) is 8.42. The molecule has 0 amide bonds. The highest BCUT2D eigenvalue weighted by Crippen LogP contribution is 2.32. The Balaban J connectivity index is 1.72. The molecular formula is C19H19N7. The second-order valence-electron chi connectivity index (χ2n) is 6.23. The smallest absolute Gasteiger partial charge is 0.212 e. The molecule has 0 aliphatic carbocycles. The monoisotopic (exact) mass is 345 g/mol. The fourth-order valence-electron chi connectivity index (χ4n) is 3.19. The Hall–Kier alpha value is -3.53. The molecule has 0 bridgehead atoms. The maximum Gasteiger partial charge on any atom is 0.212 e. The van der Waals surface area contributed by atoms with Gasteiger partial charge in [-0.25, -0.2) is 9.98 Å². The van der Waals surface area contributed by atoms with Gasteiger partial charge in [0.25, 0.3) is 0 Å². The van der Waals surface area contributed by atoms with Crippen molar-refractivity contribution in [2.24, 2.45) is 10.7 Å². The Morgan fingerprint density at radius 1 is 1.23 bits per heavy atom. The summed E-state index contributed by atoms with van der Waals surface area (Å²) >= 11 is 0. The lowest BCUT2D eigenvalue weighted by Gasteiger charge is -2.24. The van der Waals surface area contributed by atoms with Crippen LogP contribution in [0.15, 0.2) is 53.5 Å². The van der Waals surface area contributed by atoms with Crippen LogP contribution in [0, 0.1) is 11.3 Å². The molecule has 26 heavy (non-hydrogen) atoms. The van der Waals surface area contributed by atoms with Gasteiger partial charge >= 0.3 is 0 Å². The molecule has 2 aromatic carbocycles. The standard InChI is InChI=1S/C19H19N7/c1-25(12-4-11-20)14-9-7-13(8-10-14)17-23-18(21)24-19-22-15-5-2-3-6-16(15)26(17)19/h2-3,5-10,17H,4,12H2,1H3,(H3,21,22,23,24)/t17-/m0/s1. The Bertz CT molecular complexity index is 1010. The van der Waals surface area contributed by atoms with E-state index in [9.17, 15) is 0 Å². The summed E-state index contributed by atoms with van der Waals surface area (Å²) in [4.78, 5) is 11.3. The van der Waals surface area contributed by atoms with E-state index in [1.165, 1.54) is 0 Å². The Morgan fingerprint density at radius 2 is 2.00 bits per heavy atom. The number of nitrogens with two attached hydrogens (primary N) is 1. The van der Waals surface area contributed by atoms with E-state index in [2.05, 4.69) is 30.8 Å². The van der Waals surface area contributed by atoms with Crippen molar-refractivity contribution in [3.8, 4) is 6.07 Å². The van der Waals surface area contributed by atoms with Crippen LogP contribution in [-0.2, 0) is 0 Å². The van der Waals surface area contributed by atoms with Gasteiger partial charge in [-0.1, -0.05) is 24.3 Å². The fraction of sp³-hybridized carbons (Fsp3) is 0.211. The van der Waals surface area contributed by atoms with Crippen LogP contribution in [-0.4, -0.2) is 29.1 Å². The number of imidazole rings is 1. The number of nitrogens with one attached hydrogen (secondary N) is 1. The average Bonchev–Trinajstić information content (AvgIpc) is 3.03. The third kappa shape index (κ3) is 2.71. The molecule has 1 aliphatic heterocycles. The van der Waals surface area contributed by atoms with E-state index < -0.39 is 0 Å². The predicted octanol–water partition coefficient (Wildman–Crippen LogP) is 2.67. The molecule has 0 spiro atoms. The highest BCUT2D eigenvalue weighted by Gasteiger charge is 2.24. The molecule has 1 aromatic heterocycles. The maximum absolute atomic E-state index is 8.74. The van der Waals surface area contributed by atoms with Crippen molar-refractivity contribution < 1.29 is 0 Å². The SMILES string of the molecule is CN(CCC#N)c1ccc([C@H]2N=C(N)Nc3nc4ccccc4n32)cc1. The van der Waals surface area contributed by atoms with Gasteiger partial charge in [0.05, 0.1) is 23.5 Å². The summed E-state index contributed by atoms with van der Waals surface area (Å²) in [5, 5.41) is 11.8. The maximum atomic E-state index is 8.74. The van der Waals surface area contributed by atoms with E-state index in [-0.39, 0.29) is 6.17 Å². The molecular weight excluding hydrogens is 326 g/mol. The zero-order valence-corrected chi connectivity index (χ0v) is 14.4. The summed E-state index contributed by atoms with van der Waals surface area (Å²) in [6, 6.07) is 18.3. The third-order valence-electron chi connectivity index (χ3n) is 4.53. The average molecular weight is 345 g/mol. The molecule has 4 rings (SSSR count). The van der Waals surface area contributed by atoms with Crippen molar-refractivity contribution in [1.82, 2.24) is 9.55 Å². The van der Waals surface area contributed by atoms with Crippen LogP contribution in [0.1, 0.15) is 18.2 Å². The van der Waals surface area contributed by atoms with E-state index in [4.69, 9.17) is 11.0 Å². The van der Waals surface area contributed by atoms with E-state index >= 15 is 0 Å². The van der Waals surface area contributed by atoms with Crippen molar-refractivity contribution in [1.29, 1.82) is 5.26 Å². The minimum atomic E-state index is -0.267. The van der Waals surface area contributed by atoms with Crippen LogP contribution in [0.2, 0.25) is 0 Å². The number of aliphatic imine (C=N–C) groups is 1. The minimum Gasteiger partial charge on any atom is -0.374 e. The second-order valence-corrected chi connectivity index (χ2v) is 6.23. The number of guanidine groups is 1. The number of nitrogens with zero attached hydrogens (tertiary/aromatic N) is 5. The molecule has 0 unspecified atom stereocenters. The zero-order valence-electron chi connectivity index (χ0n) is 14.4. The number of aromatic nitrogens is 2. The Labute approximate surface area is 151 Å². The molecule has 1 atom stereocenters. The number of hydrogen-bond donors (Lipinski definition) is 2. The largest absolute Gasteiger partial charge is 0.374 e. The molecule has 3 N–H and O–H groups in total. The van der Waals surface area contributed by atoms with Gasteiger partial charge < -0.3 is 10.6 Å². The fourth-order valence-corrected chi connectivity index (χ4v) is 3.19. The molecule has 0 radical (unpaired) electrons. The molecule has 3 aromatic rings. The van der Waals surface area contributed by atoms with Crippen molar-refractivity contribution in [2.45, 2.75) is 12.6 Å². The molecule has 0 saturated heterocycles. The lowest BCUT2D eigenvalue weighted by atomic mass is 10.1. The summed E-state index contributed by atoms with van der Waals surface area (Å²) in [5.41, 5.74) is 9.97. The lowest BCUT2D eigenvalue weighted by Crippen LogP contribution is -2.31. The normalized spacial score (nSPS) is 15.7. The molecule has 130 valence electrons. The van der Waals surface area contributed by atoms with E-state index in [0.717, 1.165) is 22.3 Å². The first kappa shape index (κ1) is 16.0. The molecule has 1 aliphatic rings. The number of nitriles is 1. The van der Waals surface area contributed by atoms with Crippen LogP contribution >= 0.6 is 0 Å². The van der Waals surface area contributed by atoms with E-state index in [1.54, 1.807) is 0 Å². The van der Waals surface area contributed by atoms with Crippen molar-refractivity contribution in [2.75, 3.05) is 23.8 Å². The second kappa shape index (κ2) is 6.41. The van der Waals surface area contributed by atoms with Gasteiger partial charge in [-0.15, -0.1) is 0 Å². The van der Waals surface area contributed by atoms with Crippen LogP contribution < -0.4 is 16.0 Å². The number of anilines is 2. The third-order valence-corrected chi connectivity index (χ3v) is 4.53. The highest BCUT2D eigenvalue weighted by molar-refractivity contribution is 5.94. The van der Waals surface area contributed by atoms with Crippen LogP contribution in [0.3, 0.4) is 0 Å². The number of hydrogen-bond acceptors (Lipinski definition) is 6. The van der Waals surface area contributed by atoms with Crippen LogP contribution in [0.5, 0.6) is 0 Å². The van der Waals surface area contributed by atoms with Crippen LogP contribution in [0.25, 0.3) is 11.0 Å². The van der Waals surface area contributed by atoms with Gasteiger partial charge in [0.15, 0.2) is 12.1 Å². The summed E-state index contributed by atoms with van der Waals surface area (Å²) in [6.45, 7) is 0.699. The molecule has 7 nitrogen and oxygen atoms in total. The Morgan fingerprint density at radius 3 is 2.77 bits per heavy atom. The predicted molar refractivity (Wildman–Crippen MR) is 103 cm³/mol. The van der Waals surface area contributed by atoms with Gasteiger partial charge in [0.2, 0.25) is 5.95 Å². The summed E-state index contributed by atoms with van der Waals surface area (Å²) in [5.74, 6) is 1.05. The van der Waals surface area contributed by atoms with Gasteiger partial charge in [0.1, 0.15) is 0 Å². The topological polar surface area (TPSA) is 95.3 Å². The summed E-state index contributed by atoms with van der Waals surface area (Å²) in [7, 11) is 1.98. The van der Waals surface area contributed by atoms with Gasteiger partial charge in [-0.2, -0.15) is 5.26 Å². The Kier molecular flexibility index (Phi) is 3.93. The molecule has 7 heteroatoms. The van der Waals surface area contributed by atoms with E-state index in [0.29, 0.717) is 24.9 Å². The van der Waals surface area contributed by atoms with Crippen molar-refractivity contribution in [3.05, 3.63) is 54.1 Å². The van der Waals surface area contributed by atoms with Gasteiger partial charge in [-0.3, -0.25) is 9.88 Å². The first-order chi connectivity index (χ1) is 12.7. The summed E-state index contributed by atoms with van der Waals surface area (Å²) in [6.07, 6.45) is 0.231. The number of benzene rings is 2. The van der Waals surface area contributed by atoms with Crippen LogP contribution in [0.4, 0.5) is 11.6 Å². The quantitative estimate of drug-likeness (QED) is 0.758. The van der Waals surface area contributed by atoms with Crippen molar-refractivity contribution in [3.63, 3.8) is 0 Å². The molecule has 2 heterocycles. The molecule has 0 fully saturated rings. The first-order valence-corrected chi connectivity index (χ1v) is 8.42. The van der Waals surface area contributed by atoms with E-state index in [1.807, 2.05) is 55.6 Å². The molecule has 0 saturated carbocycles. The number of fused-ring (bicyclic) bond motifs is 3. The number of para-hydroxylation sites is 2. The number of rotatable bonds is 4. The van der Waals surface area contributed by atoms with Gasteiger partial charge in [-0.05, 0) is 29.8 Å². The minimum absolute atomic E-state index is 0.267. The highest BCUT2D eigenvalue weighted by atomic mass is 15.4. The lowest BCUT2D eigenvalue weighted by molar-refractivity contribution is 0.626. The van der Waals surface area contributed by atoms with Crippen molar-refractivity contribution >= 4 is 28.6 Å². The van der Waals surface area contributed by atoms with Gasteiger partial charge in [0, 0.05) is 19.3 Å². The zero-order chi connectivity index (χ0) is 18.1.